The summed E-state index contributed by atoms with van der Waals surface area (Å²) in [6.45, 7) is 5.62. The molecule has 7 heteroatoms. The number of nitrogens with zero attached hydrogens (tertiary/aromatic N) is 1. The van der Waals surface area contributed by atoms with E-state index in [1.807, 2.05) is 26.8 Å². The Labute approximate surface area is 131 Å². The van der Waals surface area contributed by atoms with E-state index in [2.05, 4.69) is 4.98 Å². The second-order valence-corrected chi connectivity index (χ2v) is 6.36. The van der Waals surface area contributed by atoms with Gasteiger partial charge in [0.15, 0.2) is 4.77 Å². The monoisotopic (exact) mass is 326 g/mol. The van der Waals surface area contributed by atoms with Crippen molar-refractivity contribution in [1.82, 2.24) is 9.55 Å². The summed E-state index contributed by atoms with van der Waals surface area (Å²) >= 11 is 6.69. The Morgan fingerprint density at radius 1 is 1.52 bits per heavy atom. The molecule has 0 bridgehead atoms. The van der Waals surface area contributed by atoms with Gasteiger partial charge in [0.1, 0.15) is 11.4 Å². The Bertz CT molecular complexity index is 773. The van der Waals surface area contributed by atoms with E-state index in [-0.39, 0.29) is 23.0 Å². The highest BCUT2D eigenvalue weighted by molar-refractivity contribution is 7.71. The van der Waals surface area contributed by atoms with Crippen molar-refractivity contribution in [2.45, 2.75) is 46.3 Å². The van der Waals surface area contributed by atoms with Gasteiger partial charge in [-0.15, -0.1) is 11.3 Å². The first-order chi connectivity index (χ1) is 9.96. The van der Waals surface area contributed by atoms with Crippen molar-refractivity contribution in [3.8, 4) is 0 Å². The molecule has 1 N–H and O–H groups in total. The zero-order valence-electron chi connectivity index (χ0n) is 12.3. The Hall–Kier alpha value is -1.47. The second-order valence-electron chi connectivity index (χ2n) is 4.84. The van der Waals surface area contributed by atoms with Gasteiger partial charge >= 0.3 is 5.97 Å². The number of ether oxygens (including phenoxy) is 1. The molecule has 0 aliphatic rings. The standard InChI is InChI=1S/C14H18N2O3S2/c1-4-8(3)19-11(17)7-16-13(18)10-6-9(5-2)21-12(10)15-14(16)20/h6,8H,4-5,7H2,1-3H3,(H,15,20). The van der Waals surface area contributed by atoms with Gasteiger partial charge in [0.2, 0.25) is 0 Å². The van der Waals surface area contributed by atoms with E-state index in [1.165, 1.54) is 15.9 Å². The summed E-state index contributed by atoms with van der Waals surface area (Å²) in [4.78, 5) is 29.2. The second kappa shape index (κ2) is 6.53. The van der Waals surface area contributed by atoms with E-state index < -0.39 is 5.97 Å². The van der Waals surface area contributed by atoms with Crippen molar-refractivity contribution in [2.24, 2.45) is 0 Å². The van der Waals surface area contributed by atoms with Crippen LogP contribution in [0.5, 0.6) is 0 Å². The lowest BCUT2D eigenvalue weighted by Crippen LogP contribution is -2.28. The predicted molar refractivity (Wildman–Crippen MR) is 86.5 cm³/mol. The summed E-state index contributed by atoms with van der Waals surface area (Å²) in [6.07, 6.45) is 1.43. The topological polar surface area (TPSA) is 64.1 Å². The predicted octanol–water partition coefficient (Wildman–Crippen LogP) is 3.02. The molecule has 2 rings (SSSR count). The molecule has 0 radical (unpaired) electrons. The highest BCUT2D eigenvalue weighted by atomic mass is 32.1. The van der Waals surface area contributed by atoms with Crippen molar-refractivity contribution in [1.29, 1.82) is 0 Å². The number of thiophene rings is 1. The third kappa shape index (κ3) is 3.41. The average Bonchev–Trinajstić information content (AvgIpc) is 2.86. The number of esters is 1. The lowest BCUT2D eigenvalue weighted by Gasteiger charge is -2.11. The summed E-state index contributed by atoms with van der Waals surface area (Å²) in [7, 11) is 0. The maximum Gasteiger partial charge on any atom is 0.326 e. The fourth-order valence-electron chi connectivity index (χ4n) is 1.89. The minimum atomic E-state index is -0.448. The first-order valence-electron chi connectivity index (χ1n) is 6.91. The van der Waals surface area contributed by atoms with E-state index in [1.54, 1.807) is 0 Å². The summed E-state index contributed by atoms with van der Waals surface area (Å²) in [6, 6.07) is 1.85. The van der Waals surface area contributed by atoms with Crippen LogP contribution in [0, 0.1) is 4.77 Å². The van der Waals surface area contributed by atoms with Crippen LogP contribution < -0.4 is 5.56 Å². The minimum absolute atomic E-state index is 0.161. The number of fused-ring (bicyclic) bond motifs is 1. The van der Waals surface area contributed by atoms with Crippen LogP contribution in [-0.2, 0) is 22.5 Å². The molecule has 1 unspecified atom stereocenters. The average molecular weight is 326 g/mol. The Morgan fingerprint density at radius 3 is 2.86 bits per heavy atom. The molecule has 5 nitrogen and oxygen atoms in total. The molecule has 0 saturated heterocycles. The smallest absolute Gasteiger partial charge is 0.326 e. The van der Waals surface area contributed by atoms with Crippen molar-refractivity contribution in [3.63, 3.8) is 0 Å². The van der Waals surface area contributed by atoms with Gasteiger partial charge in [0.05, 0.1) is 11.5 Å². The molecule has 2 aromatic rings. The first kappa shape index (κ1) is 15.9. The Kier molecular flexibility index (Phi) is 4.95. The van der Waals surface area contributed by atoms with Crippen LogP contribution in [0.25, 0.3) is 10.2 Å². The lowest BCUT2D eigenvalue weighted by molar-refractivity contribution is -0.149. The zero-order chi connectivity index (χ0) is 15.6. The number of aromatic amines is 1. The third-order valence-corrected chi connectivity index (χ3v) is 4.78. The van der Waals surface area contributed by atoms with Crippen molar-refractivity contribution >= 4 is 39.7 Å². The van der Waals surface area contributed by atoms with Gasteiger partial charge < -0.3 is 9.72 Å². The molecule has 114 valence electrons. The van der Waals surface area contributed by atoms with E-state index in [9.17, 15) is 9.59 Å². The molecule has 0 aromatic carbocycles. The maximum atomic E-state index is 12.4. The summed E-state index contributed by atoms with van der Waals surface area (Å²) in [5.74, 6) is -0.448. The van der Waals surface area contributed by atoms with Crippen LogP contribution in [-0.4, -0.2) is 21.6 Å². The molecule has 0 fully saturated rings. The summed E-state index contributed by atoms with van der Waals surface area (Å²) < 4.78 is 6.70. The molecule has 0 aliphatic heterocycles. The Morgan fingerprint density at radius 2 is 2.24 bits per heavy atom. The SMILES string of the molecule is CCc1cc2c(=O)n(CC(=O)OC(C)CC)c(=S)[nH]c2s1. The number of rotatable bonds is 5. The van der Waals surface area contributed by atoms with E-state index >= 15 is 0 Å². The quantitative estimate of drug-likeness (QED) is 0.677. The van der Waals surface area contributed by atoms with Gasteiger partial charge in [-0.1, -0.05) is 13.8 Å². The summed E-state index contributed by atoms with van der Waals surface area (Å²) in [5.41, 5.74) is -0.245. The fourth-order valence-corrected chi connectivity index (χ4v) is 3.19. The molecule has 2 heterocycles. The van der Waals surface area contributed by atoms with Gasteiger partial charge in [-0.25, -0.2) is 0 Å². The number of carbonyl (C=O) groups excluding carboxylic acids is 1. The molecular weight excluding hydrogens is 308 g/mol. The lowest BCUT2D eigenvalue weighted by atomic mass is 10.3. The summed E-state index contributed by atoms with van der Waals surface area (Å²) in [5, 5.41) is 0.571. The molecule has 0 aliphatic carbocycles. The van der Waals surface area contributed by atoms with Gasteiger partial charge in [0.25, 0.3) is 5.56 Å². The number of H-pyrrole nitrogens is 1. The zero-order valence-corrected chi connectivity index (χ0v) is 13.9. The van der Waals surface area contributed by atoms with Crippen molar-refractivity contribution < 1.29 is 9.53 Å². The van der Waals surface area contributed by atoms with Gasteiger partial charge in [0, 0.05) is 4.88 Å². The molecule has 0 spiro atoms. The van der Waals surface area contributed by atoms with Crippen molar-refractivity contribution in [3.05, 3.63) is 26.1 Å². The van der Waals surface area contributed by atoms with Crippen molar-refractivity contribution in [2.75, 3.05) is 0 Å². The number of nitrogens with one attached hydrogen (secondary N) is 1. The number of hydrogen-bond donors (Lipinski definition) is 1. The van der Waals surface area contributed by atoms with E-state index in [0.29, 0.717) is 5.39 Å². The van der Waals surface area contributed by atoms with Crippen LogP contribution in [0.3, 0.4) is 0 Å². The van der Waals surface area contributed by atoms with Gasteiger partial charge in [-0.3, -0.25) is 14.2 Å². The van der Waals surface area contributed by atoms with E-state index in [4.69, 9.17) is 17.0 Å². The highest BCUT2D eigenvalue weighted by Gasteiger charge is 2.14. The molecule has 2 aromatic heterocycles. The van der Waals surface area contributed by atoms with Crippen LogP contribution in [0.1, 0.15) is 32.1 Å². The van der Waals surface area contributed by atoms with E-state index in [0.717, 1.165) is 22.5 Å². The fraction of sp³-hybridized carbons (Fsp3) is 0.500. The Balaban J connectivity index is 2.38. The molecular formula is C14H18N2O3S2. The van der Waals surface area contributed by atoms with Crippen LogP contribution in [0.15, 0.2) is 10.9 Å². The normalized spacial score (nSPS) is 12.5. The molecule has 0 saturated carbocycles. The largest absolute Gasteiger partial charge is 0.461 e. The number of aryl methyl sites for hydroxylation is 1. The third-order valence-electron chi connectivity index (χ3n) is 3.27. The maximum absolute atomic E-state index is 12.4. The van der Waals surface area contributed by atoms with Crippen LogP contribution >= 0.6 is 23.6 Å². The number of carbonyl (C=O) groups is 1. The number of hydrogen-bond acceptors (Lipinski definition) is 5. The van der Waals surface area contributed by atoms with Crippen LogP contribution in [0.4, 0.5) is 0 Å². The first-order valence-corrected chi connectivity index (χ1v) is 8.13. The van der Waals surface area contributed by atoms with Gasteiger partial charge in [-0.05, 0) is 38.0 Å². The molecule has 0 amide bonds. The highest BCUT2D eigenvalue weighted by Crippen LogP contribution is 2.21. The van der Waals surface area contributed by atoms with Gasteiger partial charge in [-0.2, -0.15) is 0 Å². The molecule has 1 atom stereocenters. The molecule has 21 heavy (non-hydrogen) atoms. The van der Waals surface area contributed by atoms with Crippen LogP contribution in [0.2, 0.25) is 0 Å². The minimum Gasteiger partial charge on any atom is -0.461 e. The number of aromatic nitrogens is 2.